The van der Waals surface area contributed by atoms with E-state index in [4.69, 9.17) is 0 Å². The van der Waals surface area contributed by atoms with E-state index in [1.165, 1.54) is 17.1 Å². The monoisotopic (exact) mass is 292 g/mol. The molecule has 0 aliphatic carbocycles. The van der Waals surface area contributed by atoms with Crippen molar-refractivity contribution in [1.29, 1.82) is 0 Å². The van der Waals surface area contributed by atoms with Gasteiger partial charge in [0.1, 0.15) is 0 Å². The highest BCUT2D eigenvalue weighted by Gasteiger charge is 2.33. The second kappa shape index (κ2) is 6.00. The number of hydrogen-bond donors (Lipinski definition) is 0. The van der Waals surface area contributed by atoms with Gasteiger partial charge in [0.2, 0.25) is 5.91 Å². The van der Waals surface area contributed by atoms with E-state index in [-0.39, 0.29) is 23.1 Å². The van der Waals surface area contributed by atoms with Crippen LogP contribution in [0.15, 0.2) is 12.2 Å². The number of nitrogens with zero attached hydrogens (tertiary/aromatic N) is 2. The summed E-state index contributed by atoms with van der Waals surface area (Å²) in [7, 11) is 0. The van der Waals surface area contributed by atoms with Crippen LogP contribution in [-0.2, 0) is 14.4 Å². The van der Waals surface area contributed by atoms with Gasteiger partial charge in [-0.1, -0.05) is 20.8 Å². The van der Waals surface area contributed by atoms with E-state index in [0.29, 0.717) is 25.3 Å². The standard InChI is InChI=1S/C16H24N2O3/c1-16(2,3)12-8-10-17(11-12)13(19)5-4-9-18-14(20)6-7-15(18)21/h6-7,12H,4-5,8-11H2,1-3H3. The summed E-state index contributed by atoms with van der Waals surface area (Å²) < 4.78 is 0. The summed E-state index contributed by atoms with van der Waals surface area (Å²) in [4.78, 5) is 38.1. The van der Waals surface area contributed by atoms with Crippen LogP contribution in [0.4, 0.5) is 0 Å². The quantitative estimate of drug-likeness (QED) is 0.739. The van der Waals surface area contributed by atoms with Crippen molar-refractivity contribution >= 4 is 17.7 Å². The van der Waals surface area contributed by atoms with E-state index in [2.05, 4.69) is 20.8 Å². The highest BCUT2D eigenvalue weighted by atomic mass is 16.2. The van der Waals surface area contributed by atoms with Gasteiger partial charge in [-0.05, 0) is 24.2 Å². The second-order valence-electron chi connectivity index (χ2n) is 6.96. The molecule has 3 amide bonds. The molecule has 1 unspecified atom stereocenters. The van der Waals surface area contributed by atoms with Gasteiger partial charge in [-0.3, -0.25) is 19.3 Å². The topological polar surface area (TPSA) is 57.7 Å². The third kappa shape index (κ3) is 3.71. The van der Waals surface area contributed by atoms with Crippen LogP contribution in [0.5, 0.6) is 0 Å². The Morgan fingerprint density at radius 3 is 2.38 bits per heavy atom. The molecule has 21 heavy (non-hydrogen) atoms. The van der Waals surface area contributed by atoms with Gasteiger partial charge in [-0.2, -0.15) is 0 Å². The first-order valence-corrected chi connectivity index (χ1v) is 7.60. The molecule has 116 valence electrons. The highest BCUT2D eigenvalue weighted by molar-refractivity contribution is 6.12. The first-order valence-electron chi connectivity index (χ1n) is 7.60. The number of imide groups is 1. The predicted octanol–water partition coefficient (Wildman–Crippen LogP) is 1.59. The molecule has 0 aromatic heterocycles. The summed E-state index contributed by atoms with van der Waals surface area (Å²) in [6.45, 7) is 8.61. The Bertz CT molecular complexity index is 458. The molecule has 2 aliphatic rings. The molecule has 1 saturated heterocycles. The summed E-state index contributed by atoms with van der Waals surface area (Å²) in [5.74, 6) is 0.129. The van der Waals surface area contributed by atoms with E-state index < -0.39 is 0 Å². The van der Waals surface area contributed by atoms with Crippen LogP contribution in [0.3, 0.4) is 0 Å². The number of hydrogen-bond acceptors (Lipinski definition) is 3. The first-order chi connectivity index (χ1) is 9.79. The van der Waals surface area contributed by atoms with E-state index in [1.54, 1.807) is 0 Å². The van der Waals surface area contributed by atoms with Gasteiger partial charge in [0.15, 0.2) is 0 Å². The third-order valence-corrected chi connectivity index (χ3v) is 4.44. The number of carbonyl (C=O) groups excluding carboxylic acids is 3. The van der Waals surface area contributed by atoms with Crippen molar-refractivity contribution in [3.8, 4) is 0 Å². The minimum absolute atomic E-state index is 0.133. The summed E-state index contributed by atoms with van der Waals surface area (Å²) in [6, 6.07) is 0. The molecule has 0 bridgehead atoms. The van der Waals surface area contributed by atoms with Gasteiger partial charge < -0.3 is 4.90 Å². The Morgan fingerprint density at radius 1 is 1.24 bits per heavy atom. The number of likely N-dealkylation sites (tertiary alicyclic amines) is 1. The molecule has 2 rings (SSSR count). The lowest BCUT2D eigenvalue weighted by Gasteiger charge is -2.27. The maximum absolute atomic E-state index is 12.2. The fourth-order valence-electron chi connectivity index (χ4n) is 2.89. The Morgan fingerprint density at radius 2 is 1.86 bits per heavy atom. The Balaban J connectivity index is 1.74. The van der Waals surface area contributed by atoms with Crippen LogP contribution >= 0.6 is 0 Å². The van der Waals surface area contributed by atoms with Crippen molar-refractivity contribution in [2.75, 3.05) is 19.6 Å². The SMILES string of the molecule is CC(C)(C)C1CCN(C(=O)CCCN2C(=O)C=CC2=O)C1. The summed E-state index contributed by atoms with van der Waals surface area (Å²) in [5, 5.41) is 0. The van der Waals surface area contributed by atoms with E-state index in [0.717, 1.165) is 19.5 Å². The third-order valence-electron chi connectivity index (χ3n) is 4.44. The number of carbonyl (C=O) groups is 3. The van der Waals surface area contributed by atoms with Gasteiger partial charge in [0.05, 0.1) is 0 Å². The zero-order valence-electron chi connectivity index (χ0n) is 13.1. The zero-order chi connectivity index (χ0) is 15.6. The van der Waals surface area contributed by atoms with Crippen molar-refractivity contribution in [3.63, 3.8) is 0 Å². The van der Waals surface area contributed by atoms with Crippen LogP contribution in [0, 0.1) is 11.3 Å². The average Bonchev–Trinajstić information content (AvgIpc) is 2.99. The van der Waals surface area contributed by atoms with E-state index in [1.807, 2.05) is 4.90 Å². The van der Waals surface area contributed by atoms with Crippen molar-refractivity contribution < 1.29 is 14.4 Å². The first kappa shape index (κ1) is 15.7. The molecule has 1 atom stereocenters. The summed E-state index contributed by atoms with van der Waals surface area (Å²) in [5.41, 5.74) is 0.231. The predicted molar refractivity (Wildman–Crippen MR) is 79.2 cm³/mol. The van der Waals surface area contributed by atoms with Crippen molar-refractivity contribution in [3.05, 3.63) is 12.2 Å². The summed E-state index contributed by atoms with van der Waals surface area (Å²) >= 11 is 0. The van der Waals surface area contributed by atoms with Gasteiger partial charge >= 0.3 is 0 Å². The van der Waals surface area contributed by atoms with Crippen LogP contribution < -0.4 is 0 Å². The average molecular weight is 292 g/mol. The van der Waals surface area contributed by atoms with Crippen LogP contribution in [0.25, 0.3) is 0 Å². The minimum atomic E-state index is -0.276. The van der Waals surface area contributed by atoms with Crippen LogP contribution in [-0.4, -0.2) is 47.2 Å². The molecule has 0 aromatic carbocycles. The molecule has 1 fully saturated rings. The van der Waals surface area contributed by atoms with Crippen molar-refractivity contribution in [1.82, 2.24) is 9.80 Å². The van der Waals surface area contributed by atoms with Gasteiger partial charge in [0.25, 0.3) is 11.8 Å². The molecule has 2 aliphatic heterocycles. The molecule has 5 nitrogen and oxygen atoms in total. The largest absolute Gasteiger partial charge is 0.342 e. The fraction of sp³-hybridized carbons (Fsp3) is 0.688. The zero-order valence-corrected chi connectivity index (χ0v) is 13.1. The van der Waals surface area contributed by atoms with Crippen LogP contribution in [0.1, 0.15) is 40.0 Å². The number of rotatable bonds is 4. The maximum atomic E-state index is 12.2. The Kier molecular flexibility index (Phi) is 4.49. The number of amides is 3. The molecule has 0 spiro atoms. The molecular weight excluding hydrogens is 268 g/mol. The Labute approximate surface area is 126 Å². The normalized spacial score (nSPS) is 22.5. The van der Waals surface area contributed by atoms with Crippen LogP contribution in [0.2, 0.25) is 0 Å². The van der Waals surface area contributed by atoms with Gasteiger partial charge in [-0.15, -0.1) is 0 Å². The Hall–Kier alpha value is -1.65. The van der Waals surface area contributed by atoms with E-state index >= 15 is 0 Å². The lowest BCUT2D eigenvalue weighted by molar-refractivity contribution is -0.138. The van der Waals surface area contributed by atoms with Gasteiger partial charge in [0, 0.05) is 38.2 Å². The maximum Gasteiger partial charge on any atom is 0.253 e. The molecular formula is C16H24N2O3. The molecule has 2 heterocycles. The second-order valence-corrected chi connectivity index (χ2v) is 6.96. The molecule has 5 heteroatoms. The van der Waals surface area contributed by atoms with Gasteiger partial charge in [-0.25, -0.2) is 0 Å². The molecule has 0 N–H and O–H groups in total. The van der Waals surface area contributed by atoms with E-state index in [9.17, 15) is 14.4 Å². The minimum Gasteiger partial charge on any atom is -0.342 e. The fourth-order valence-corrected chi connectivity index (χ4v) is 2.89. The highest BCUT2D eigenvalue weighted by Crippen LogP contribution is 2.33. The van der Waals surface area contributed by atoms with Crippen molar-refractivity contribution in [2.24, 2.45) is 11.3 Å². The molecule has 0 saturated carbocycles. The smallest absolute Gasteiger partial charge is 0.253 e. The van der Waals surface area contributed by atoms with Crippen molar-refractivity contribution in [2.45, 2.75) is 40.0 Å². The lowest BCUT2D eigenvalue weighted by Crippen LogP contribution is -2.33. The summed E-state index contributed by atoms with van der Waals surface area (Å²) in [6.07, 6.45) is 4.54. The lowest BCUT2D eigenvalue weighted by atomic mass is 9.80. The molecule has 0 aromatic rings. The molecule has 0 radical (unpaired) electrons.